The number of hydrogen-bond acceptors (Lipinski definition) is 3. The van der Waals surface area contributed by atoms with Gasteiger partial charge in [0, 0.05) is 31.9 Å². The van der Waals surface area contributed by atoms with Crippen molar-refractivity contribution in [3.05, 3.63) is 15.9 Å². The number of aromatic nitrogens is 2. The van der Waals surface area contributed by atoms with E-state index in [1.807, 2.05) is 25.5 Å². The monoisotopic (exact) mass is 396 g/mol. The van der Waals surface area contributed by atoms with Gasteiger partial charge in [0.1, 0.15) is 0 Å². The van der Waals surface area contributed by atoms with Crippen molar-refractivity contribution in [2.75, 3.05) is 32.7 Å². The Balaban J connectivity index is 1.55. The van der Waals surface area contributed by atoms with Gasteiger partial charge in [-0.3, -0.25) is 9.48 Å². The Morgan fingerprint density at radius 1 is 1.25 bits per heavy atom. The molecule has 1 amide bonds. The molecule has 1 atom stereocenters. The molecule has 6 heteroatoms. The first kappa shape index (κ1) is 17.9. The Hall–Kier alpha value is -0.880. The quantitative estimate of drug-likeness (QED) is 0.767. The van der Waals surface area contributed by atoms with Gasteiger partial charge >= 0.3 is 0 Å². The van der Waals surface area contributed by atoms with Crippen molar-refractivity contribution in [3.63, 3.8) is 0 Å². The van der Waals surface area contributed by atoms with Gasteiger partial charge in [0.15, 0.2) is 0 Å². The van der Waals surface area contributed by atoms with E-state index < -0.39 is 0 Å². The first-order valence-corrected chi connectivity index (χ1v) is 9.95. The molecule has 0 aromatic carbocycles. The molecule has 2 fully saturated rings. The summed E-state index contributed by atoms with van der Waals surface area (Å²) in [5.74, 6) is 1.16. The molecule has 3 rings (SSSR count). The van der Waals surface area contributed by atoms with Crippen LogP contribution >= 0.6 is 15.9 Å². The van der Waals surface area contributed by atoms with E-state index in [1.54, 1.807) is 0 Å². The lowest BCUT2D eigenvalue weighted by Crippen LogP contribution is -2.39. The lowest BCUT2D eigenvalue weighted by Gasteiger charge is -2.25. The van der Waals surface area contributed by atoms with Crippen molar-refractivity contribution in [2.45, 2.75) is 46.6 Å². The Morgan fingerprint density at radius 2 is 2.00 bits per heavy atom. The van der Waals surface area contributed by atoms with E-state index in [2.05, 4.69) is 30.8 Å². The SMILES string of the molecule is Cc1nn(CC(C)C(=O)N2CCCN(CC3CC3)CC2)c(C)c1Br. The molecular formula is C18H29BrN4O. The van der Waals surface area contributed by atoms with E-state index >= 15 is 0 Å². The van der Waals surface area contributed by atoms with Crippen LogP contribution in [-0.2, 0) is 11.3 Å². The fraction of sp³-hybridized carbons (Fsp3) is 0.778. The van der Waals surface area contributed by atoms with Crippen LogP contribution in [0.15, 0.2) is 4.47 Å². The molecule has 0 bridgehead atoms. The molecule has 0 spiro atoms. The van der Waals surface area contributed by atoms with Crippen LogP contribution in [0, 0.1) is 25.7 Å². The highest BCUT2D eigenvalue weighted by Gasteiger charge is 2.28. The normalized spacial score (nSPS) is 20.9. The van der Waals surface area contributed by atoms with Gasteiger partial charge in [-0.1, -0.05) is 6.92 Å². The van der Waals surface area contributed by atoms with Gasteiger partial charge in [0.2, 0.25) is 5.91 Å². The third-order valence-corrected chi connectivity index (χ3v) is 6.42. The van der Waals surface area contributed by atoms with Crippen LogP contribution < -0.4 is 0 Å². The van der Waals surface area contributed by atoms with E-state index in [0.29, 0.717) is 6.54 Å². The molecule has 1 aliphatic carbocycles. The number of nitrogens with zero attached hydrogens (tertiary/aromatic N) is 4. The third-order valence-electron chi connectivity index (χ3n) is 5.28. The molecule has 1 aromatic heterocycles. The number of carbonyl (C=O) groups excluding carboxylic acids is 1. The van der Waals surface area contributed by atoms with E-state index in [1.165, 1.54) is 19.4 Å². The van der Waals surface area contributed by atoms with Crippen LogP contribution in [0.4, 0.5) is 0 Å². The average Bonchev–Trinajstić information content (AvgIpc) is 3.36. The van der Waals surface area contributed by atoms with Gasteiger partial charge in [0.05, 0.1) is 22.6 Å². The number of rotatable bonds is 5. The minimum absolute atomic E-state index is 0.0371. The maximum absolute atomic E-state index is 12.9. The van der Waals surface area contributed by atoms with Crippen LogP contribution in [0.5, 0.6) is 0 Å². The van der Waals surface area contributed by atoms with Gasteiger partial charge in [0.25, 0.3) is 0 Å². The molecule has 1 unspecified atom stereocenters. The van der Waals surface area contributed by atoms with Gasteiger partial charge in [-0.25, -0.2) is 0 Å². The Labute approximate surface area is 153 Å². The van der Waals surface area contributed by atoms with Crippen LogP contribution in [0.1, 0.15) is 37.6 Å². The molecule has 2 heterocycles. The van der Waals surface area contributed by atoms with E-state index in [0.717, 1.165) is 54.4 Å². The second-order valence-corrected chi connectivity index (χ2v) is 8.28. The van der Waals surface area contributed by atoms with Crippen molar-refractivity contribution in [3.8, 4) is 0 Å². The topological polar surface area (TPSA) is 41.4 Å². The van der Waals surface area contributed by atoms with Crippen molar-refractivity contribution in [1.29, 1.82) is 0 Å². The summed E-state index contributed by atoms with van der Waals surface area (Å²) in [6.45, 7) is 11.9. The number of carbonyl (C=O) groups is 1. The van der Waals surface area contributed by atoms with Crippen molar-refractivity contribution >= 4 is 21.8 Å². The molecular weight excluding hydrogens is 368 g/mol. The summed E-state index contributed by atoms with van der Waals surface area (Å²) >= 11 is 3.56. The molecule has 1 saturated carbocycles. The lowest BCUT2D eigenvalue weighted by molar-refractivity contribution is -0.135. The van der Waals surface area contributed by atoms with Gasteiger partial charge in [-0.05, 0) is 61.5 Å². The summed E-state index contributed by atoms with van der Waals surface area (Å²) in [5, 5.41) is 4.54. The molecule has 1 saturated heterocycles. The second-order valence-electron chi connectivity index (χ2n) is 7.49. The minimum atomic E-state index is -0.0371. The summed E-state index contributed by atoms with van der Waals surface area (Å²) in [6.07, 6.45) is 3.89. The van der Waals surface area contributed by atoms with Gasteiger partial charge < -0.3 is 9.80 Å². The zero-order valence-electron chi connectivity index (χ0n) is 15.1. The Bertz CT molecular complexity index is 596. The van der Waals surface area contributed by atoms with Crippen LogP contribution in [0.3, 0.4) is 0 Å². The minimum Gasteiger partial charge on any atom is -0.341 e. The van der Waals surface area contributed by atoms with E-state index in [4.69, 9.17) is 0 Å². The summed E-state index contributed by atoms with van der Waals surface area (Å²) < 4.78 is 3.01. The maximum atomic E-state index is 12.9. The van der Waals surface area contributed by atoms with Gasteiger partial charge in [-0.2, -0.15) is 5.10 Å². The van der Waals surface area contributed by atoms with Crippen LogP contribution in [0.2, 0.25) is 0 Å². The van der Waals surface area contributed by atoms with Crippen LogP contribution in [0.25, 0.3) is 0 Å². The number of hydrogen-bond donors (Lipinski definition) is 0. The first-order chi connectivity index (χ1) is 11.5. The highest BCUT2D eigenvalue weighted by Crippen LogP contribution is 2.30. The maximum Gasteiger partial charge on any atom is 0.227 e. The fourth-order valence-corrected chi connectivity index (χ4v) is 3.83. The molecule has 24 heavy (non-hydrogen) atoms. The number of aryl methyl sites for hydroxylation is 1. The lowest BCUT2D eigenvalue weighted by atomic mass is 10.1. The zero-order chi connectivity index (χ0) is 17.3. The standard InChI is InChI=1S/C18H29BrN4O/c1-13(11-23-15(3)17(19)14(2)20-23)18(24)22-8-4-7-21(9-10-22)12-16-5-6-16/h13,16H,4-12H2,1-3H3. The summed E-state index contributed by atoms with van der Waals surface area (Å²) in [4.78, 5) is 17.5. The molecule has 0 radical (unpaired) electrons. The second kappa shape index (κ2) is 7.56. The van der Waals surface area contributed by atoms with Gasteiger partial charge in [-0.15, -0.1) is 0 Å². The largest absolute Gasteiger partial charge is 0.341 e. The predicted octanol–water partition coefficient (Wildman–Crippen LogP) is 2.84. The highest BCUT2D eigenvalue weighted by molar-refractivity contribution is 9.10. The molecule has 2 aliphatic rings. The Morgan fingerprint density at radius 3 is 2.62 bits per heavy atom. The highest BCUT2D eigenvalue weighted by atomic mass is 79.9. The molecule has 134 valence electrons. The molecule has 1 aliphatic heterocycles. The molecule has 5 nitrogen and oxygen atoms in total. The number of halogens is 1. The van der Waals surface area contributed by atoms with Crippen molar-refractivity contribution in [1.82, 2.24) is 19.6 Å². The fourth-order valence-electron chi connectivity index (χ4n) is 3.54. The average molecular weight is 397 g/mol. The summed E-state index contributed by atoms with van der Waals surface area (Å²) in [7, 11) is 0. The summed E-state index contributed by atoms with van der Waals surface area (Å²) in [5.41, 5.74) is 2.08. The Kier molecular flexibility index (Phi) is 5.65. The van der Waals surface area contributed by atoms with Crippen molar-refractivity contribution < 1.29 is 4.79 Å². The van der Waals surface area contributed by atoms with Crippen LogP contribution in [-0.4, -0.2) is 58.2 Å². The first-order valence-electron chi connectivity index (χ1n) is 9.16. The van der Waals surface area contributed by atoms with E-state index in [-0.39, 0.29) is 11.8 Å². The smallest absolute Gasteiger partial charge is 0.227 e. The van der Waals surface area contributed by atoms with Crippen molar-refractivity contribution in [2.24, 2.45) is 11.8 Å². The molecule has 0 N–H and O–H groups in total. The molecule has 1 aromatic rings. The van der Waals surface area contributed by atoms with E-state index in [9.17, 15) is 4.79 Å². The zero-order valence-corrected chi connectivity index (χ0v) is 16.7. The third kappa shape index (κ3) is 4.20. The summed E-state index contributed by atoms with van der Waals surface area (Å²) in [6, 6.07) is 0. The number of amides is 1. The predicted molar refractivity (Wildman–Crippen MR) is 98.9 cm³/mol.